The Morgan fingerprint density at radius 1 is 1.08 bits per heavy atom. The molecule has 0 saturated carbocycles. The van der Waals surface area contributed by atoms with E-state index in [0.717, 1.165) is 40.8 Å². The second-order valence-electron chi connectivity index (χ2n) is 5.88. The largest absolute Gasteiger partial charge is 0.494 e. The van der Waals surface area contributed by atoms with Crippen molar-refractivity contribution in [2.75, 3.05) is 18.0 Å². The SMILES string of the molecule is CCN(CC)c1ccc(N=Cc2c(O)[nH]c3ccc(C)cc23)cc1. The molecule has 0 aliphatic heterocycles. The van der Waals surface area contributed by atoms with Crippen LogP contribution < -0.4 is 4.90 Å². The average molecular weight is 321 g/mol. The van der Waals surface area contributed by atoms with E-state index in [2.05, 4.69) is 46.9 Å². The summed E-state index contributed by atoms with van der Waals surface area (Å²) < 4.78 is 0. The van der Waals surface area contributed by atoms with Gasteiger partial charge in [0.2, 0.25) is 0 Å². The number of aliphatic imine (C=N–C) groups is 1. The maximum Gasteiger partial charge on any atom is 0.198 e. The Morgan fingerprint density at radius 3 is 2.46 bits per heavy atom. The molecule has 0 bridgehead atoms. The molecular weight excluding hydrogens is 298 g/mol. The van der Waals surface area contributed by atoms with Crippen LogP contribution in [0.1, 0.15) is 25.0 Å². The number of nitrogens with zero attached hydrogens (tertiary/aromatic N) is 2. The van der Waals surface area contributed by atoms with E-state index in [1.54, 1.807) is 6.21 Å². The highest BCUT2D eigenvalue weighted by Gasteiger charge is 2.08. The van der Waals surface area contributed by atoms with Crippen LogP contribution in [0.2, 0.25) is 0 Å². The van der Waals surface area contributed by atoms with E-state index in [1.807, 2.05) is 31.2 Å². The summed E-state index contributed by atoms with van der Waals surface area (Å²) >= 11 is 0. The van der Waals surface area contributed by atoms with Gasteiger partial charge in [-0.2, -0.15) is 0 Å². The Balaban J connectivity index is 1.88. The number of hydrogen-bond acceptors (Lipinski definition) is 3. The third-order valence-corrected chi connectivity index (χ3v) is 4.29. The molecular formula is C20H23N3O. The monoisotopic (exact) mass is 321 g/mol. The van der Waals surface area contributed by atoms with E-state index in [1.165, 1.54) is 5.69 Å². The van der Waals surface area contributed by atoms with E-state index in [0.29, 0.717) is 0 Å². The van der Waals surface area contributed by atoms with Gasteiger partial charge in [-0.15, -0.1) is 0 Å². The Morgan fingerprint density at radius 2 is 1.79 bits per heavy atom. The third kappa shape index (κ3) is 3.13. The van der Waals surface area contributed by atoms with Crippen LogP contribution in [0.15, 0.2) is 47.5 Å². The van der Waals surface area contributed by atoms with Crippen molar-refractivity contribution >= 4 is 28.5 Å². The second kappa shape index (κ2) is 6.79. The number of aryl methyl sites for hydroxylation is 1. The summed E-state index contributed by atoms with van der Waals surface area (Å²) in [5, 5.41) is 11.1. The summed E-state index contributed by atoms with van der Waals surface area (Å²) in [5.74, 6) is 0.152. The lowest BCUT2D eigenvalue weighted by molar-refractivity contribution is 0.457. The first kappa shape index (κ1) is 16.1. The van der Waals surface area contributed by atoms with Crippen LogP contribution in [-0.2, 0) is 0 Å². The molecule has 0 amide bonds. The van der Waals surface area contributed by atoms with Crippen molar-refractivity contribution in [3.8, 4) is 5.88 Å². The van der Waals surface area contributed by atoms with Crippen LogP contribution in [0.3, 0.4) is 0 Å². The van der Waals surface area contributed by atoms with Crippen molar-refractivity contribution in [1.82, 2.24) is 4.98 Å². The minimum atomic E-state index is 0.152. The zero-order valence-electron chi connectivity index (χ0n) is 14.4. The number of aromatic nitrogens is 1. The Labute approximate surface area is 142 Å². The van der Waals surface area contributed by atoms with Gasteiger partial charge in [-0.25, -0.2) is 0 Å². The van der Waals surface area contributed by atoms with E-state index < -0.39 is 0 Å². The minimum Gasteiger partial charge on any atom is -0.494 e. The molecule has 4 heteroatoms. The van der Waals surface area contributed by atoms with E-state index in [4.69, 9.17) is 0 Å². The van der Waals surface area contributed by atoms with Gasteiger partial charge in [-0.1, -0.05) is 11.6 Å². The standard InChI is InChI=1S/C20H23N3O/c1-4-23(5-2)16-9-7-15(8-10-16)21-13-18-17-12-14(3)6-11-19(17)22-20(18)24/h6-13,22,24H,4-5H2,1-3H3. The molecule has 1 aromatic heterocycles. The van der Waals surface area contributed by atoms with E-state index in [-0.39, 0.29) is 5.88 Å². The smallest absolute Gasteiger partial charge is 0.198 e. The van der Waals surface area contributed by atoms with Crippen molar-refractivity contribution in [3.63, 3.8) is 0 Å². The van der Waals surface area contributed by atoms with Crippen LogP contribution in [0, 0.1) is 6.92 Å². The van der Waals surface area contributed by atoms with Gasteiger partial charge in [0.15, 0.2) is 5.88 Å². The molecule has 0 spiro atoms. The average Bonchev–Trinajstić information content (AvgIpc) is 2.90. The van der Waals surface area contributed by atoms with Crippen molar-refractivity contribution in [3.05, 3.63) is 53.6 Å². The van der Waals surface area contributed by atoms with E-state index in [9.17, 15) is 5.11 Å². The molecule has 4 nitrogen and oxygen atoms in total. The van der Waals surface area contributed by atoms with Crippen molar-refractivity contribution in [2.45, 2.75) is 20.8 Å². The lowest BCUT2D eigenvalue weighted by atomic mass is 10.1. The molecule has 24 heavy (non-hydrogen) atoms. The molecule has 124 valence electrons. The molecule has 0 fully saturated rings. The minimum absolute atomic E-state index is 0.152. The molecule has 0 unspecified atom stereocenters. The summed E-state index contributed by atoms with van der Waals surface area (Å²) in [5.41, 5.74) is 4.86. The molecule has 0 atom stereocenters. The van der Waals surface area contributed by atoms with Gasteiger partial charge in [0, 0.05) is 35.9 Å². The Hall–Kier alpha value is -2.75. The lowest BCUT2D eigenvalue weighted by Gasteiger charge is -2.20. The summed E-state index contributed by atoms with van der Waals surface area (Å²) in [6.07, 6.45) is 1.72. The number of rotatable bonds is 5. The summed E-state index contributed by atoms with van der Waals surface area (Å²) in [6, 6.07) is 14.2. The van der Waals surface area contributed by atoms with Crippen LogP contribution >= 0.6 is 0 Å². The fourth-order valence-electron chi connectivity index (χ4n) is 2.92. The zero-order chi connectivity index (χ0) is 17.1. The Kier molecular flexibility index (Phi) is 4.56. The maximum absolute atomic E-state index is 10.1. The second-order valence-corrected chi connectivity index (χ2v) is 5.88. The normalized spacial score (nSPS) is 11.5. The predicted octanol–water partition coefficient (Wildman–Crippen LogP) is 4.78. The molecule has 2 N–H and O–H groups in total. The van der Waals surface area contributed by atoms with Crippen LogP contribution in [-0.4, -0.2) is 29.4 Å². The maximum atomic E-state index is 10.1. The first-order valence-electron chi connectivity index (χ1n) is 8.32. The number of benzene rings is 2. The number of anilines is 1. The van der Waals surface area contributed by atoms with Crippen molar-refractivity contribution in [2.24, 2.45) is 4.99 Å². The van der Waals surface area contributed by atoms with Crippen molar-refractivity contribution in [1.29, 1.82) is 0 Å². The van der Waals surface area contributed by atoms with Gasteiger partial charge in [0.1, 0.15) is 0 Å². The molecule has 0 saturated heterocycles. The van der Waals surface area contributed by atoms with Gasteiger partial charge >= 0.3 is 0 Å². The number of hydrogen-bond donors (Lipinski definition) is 2. The van der Waals surface area contributed by atoms with Crippen LogP contribution in [0.25, 0.3) is 10.9 Å². The molecule has 0 radical (unpaired) electrons. The fourth-order valence-corrected chi connectivity index (χ4v) is 2.92. The summed E-state index contributed by atoms with van der Waals surface area (Å²) in [7, 11) is 0. The number of H-pyrrole nitrogens is 1. The number of aromatic hydroxyl groups is 1. The highest BCUT2D eigenvalue weighted by Crippen LogP contribution is 2.27. The number of fused-ring (bicyclic) bond motifs is 1. The number of aromatic amines is 1. The van der Waals surface area contributed by atoms with Gasteiger partial charge in [0.05, 0.1) is 11.3 Å². The molecule has 2 aromatic carbocycles. The van der Waals surface area contributed by atoms with Gasteiger partial charge < -0.3 is 15.0 Å². The first-order chi connectivity index (χ1) is 11.6. The quantitative estimate of drug-likeness (QED) is 0.665. The van der Waals surface area contributed by atoms with Gasteiger partial charge in [-0.05, 0) is 57.2 Å². The van der Waals surface area contributed by atoms with Crippen LogP contribution in [0.4, 0.5) is 11.4 Å². The molecule has 0 aliphatic rings. The third-order valence-electron chi connectivity index (χ3n) is 4.29. The fraction of sp³-hybridized carbons (Fsp3) is 0.250. The molecule has 3 aromatic rings. The van der Waals surface area contributed by atoms with Gasteiger partial charge in [-0.3, -0.25) is 4.99 Å². The zero-order valence-corrected chi connectivity index (χ0v) is 14.4. The number of nitrogens with one attached hydrogen (secondary N) is 1. The lowest BCUT2D eigenvalue weighted by Crippen LogP contribution is -2.21. The summed E-state index contributed by atoms with van der Waals surface area (Å²) in [4.78, 5) is 9.80. The highest BCUT2D eigenvalue weighted by atomic mass is 16.3. The Bertz CT molecular complexity index is 858. The summed E-state index contributed by atoms with van der Waals surface area (Å²) in [6.45, 7) is 8.31. The molecule has 1 heterocycles. The van der Waals surface area contributed by atoms with Gasteiger partial charge in [0.25, 0.3) is 0 Å². The first-order valence-corrected chi connectivity index (χ1v) is 8.32. The topological polar surface area (TPSA) is 51.6 Å². The van der Waals surface area contributed by atoms with Crippen molar-refractivity contribution < 1.29 is 5.11 Å². The highest BCUT2D eigenvalue weighted by molar-refractivity contribution is 6.02. The molecule has 0 aliphatic carbocycles. The van der Waals surface area contributed by atoms with Crippen LogP contribution in [0.5, 0.6) is 5.88 Å². The molecule has 3 rings (SSSR count). The predicted molar refractivity (Wildman–Crippen MR) is 102 cm³/mol. The van der Waals surface area contributed by atoms with E-state index >= 15 is 0 Å².